The molecule has 0 radical (unpaired) electrons. The van der Waals surface area contributed by atoms with Crippen LogP contribution in [0.5, 0.6) is 0 Å². The van der Waals surface area contributed by atoms with E-state index in [1.807, 2.05) is 18.4 Å². The van der Waals surface area contributed by atoms with Gasteiger partial charge in [-0.1, -0.05) is 45.9 Å². The zero-order valence-electron chi connectivity index (χ0n) is 17.2. The predicted octanol–water partition coefficient (Wildman–Crippen LogP) is 6.05. The van der Waals surface area contributed by atoms with Crippen molar-refractivity contribution in [3.63, 3.8) is 0 Å². The van der Waals surface area contributed by atoms with Crippen LogP contribution in [0.1, 0.15) is 91.0 Å². The fourth-order valence-corrected chi connectivity index (χ4v) is 4.00. The number of nitrogens with one attached hydrogen (secondary N) is 1. The van der Waals surface area contributed by atoms with Crippen molar-refractivity contribution in [3.05, 3.63) is 52.2 Å². The second-order valence-electron chi connectivity index (χ2n) is 7.94. The summed E-state index contributed by atoms with van der Waals surface area (Å²) in [6.45, 7) is 8.50. The van der Waals surface area contributed by atoms with Crippen LogP contribution in [-0.4, -0.2) is 17.1 Å². The van der Waals surface area contributed by atoms with Crippen LogP contribution in [-0.2, 0) is 0 Å². The van der Waals surface area contributed by atoms with E-state index in [2.05, 4.69) is 56.2 Å². The molecule has 3 rings (SSSR count). The molecule has 1 amide bonds. The number of hydrogen-bond acceptors (Lipinski definition) is 4. The van der Waals surface area contributed by atoms with Crippen LogP contribution in [0.3, 0.4) is 0 Å². The molecule has 0 unspecified atom stereocenters. The van der Waals surface area contributed by atoms with E-state index in [1.54, 1.807) is 0 Å². The van der Waals surface area contributed by atoms with E-state index in [1.165, 1.54) is 11.8 Å². The Morgan fingerprint density at radius 2 is 1.82 bits per heavy atom. The largest absolute Gasteiger partial charge is 0.321 e. The average Bonchev–Trinajstić information content (AvgIpc) is 3.51. The monoisotopic (exact) mass is 393 g/mol. The van der Waals surface area contributed by atoms with Gasteiger partial charge in [-0.25, -0.2) is 4.98 Å². The molecule has 4 nitrogen and oxygen atoms in total. The van der Waals surface area contributed by atoms with Crippen molar-refractivity contribution in [2.75, 3.05) is 11.6 Å². The van der Waals surface area contributed by atoms with Crippen LogP contribution in [0.25, 0.3) is 0 Å². The summed E-state index contributed by atoms with van der Waals surface area (Å²) >= 11 is 1.42. The summed E-state index contributed by atoms with van der Waals surface area (Å²) in [4.78, 5) is 17.9. The molecule has 1 N–H and O–H groups in total. The van der Waals surface area contributed by atoms with Crippen molar-refractivity contribution >= 4 is 23.4 Å². The summed E-state index contributed by atoms with van der Waals surface area (Å²) in [6.07, 6.45) is 4.09. The van der Waals surface area contributed by atoms with Gasteiger partial charge in [-0.2, -0.15) is 5.26 Å². The van der Waals surface area contributed by atoms with E-state index in [-0.39, 0.29) is 17.7 Å². The van der Waals surface area contributed by atoms with E-state index in [0.717, 1.165) is 35.3 Å². The number of thioether (sulfide) groups is 1. The molecule has 1 aliphatic rings. The lowest BCUT2D eigenvalue weighted by molar-refractivity contribution is 0.102. The molecule has 1 fully saturated rings. The van der Waals surface area contributed by atoms with Crippen molar-refractivity contribution in [3.8, 4) is 6.07 Å². The molecule has 1 saturated carbocycles. The van der Waals surface area contributed by atoms with Gasteiger partial charge in [-0.15, -0.1) is 11.8 Å². The molecule has 0 bridgehead atoms. The topological polar surface area (TPSA) is 65.8 Å². The zero-order chi connectivity index (χ0) is 20.4. The second kappa shape index (κ2) is 8.36. The fourth-order valence-electron chi connectivity index (χ4n) is 3.44. The van der Waals surface area contributed by atoms with Gasteiger partial charge < -0.3 is 5.32 Å². The minimum atomic E-state index is -0.230. The number of para-hydroxylation sites is 1. The SMILES string of the molecule is CSc1nc(C2CC2)cc(C(=O)Nc2c(C(C)C)cccc2C(C)C)c1C#N. The van der Waals surface area contributed by atoms with Crippen molar-refractivity contribution < 1.29 is 4.79 Å². The van der Waals surface area contributed by atoms with Gasteiger partial charge in [-0.05, 0) is 48.1 Å². The zero-order valence-corrected chi connectivity index (χ0v) is 18.0. The number of amides is 1. The fraction of sp³-hybridized carbons (Fsp3) is 0.435. The first-order valence-corrected chi connectivity index (χ1v) is 11.0. The number of carbonyl (C=O) groups is 1. The molecular formula is C23H27N3OS. The average molecular weight is 394 g/mol. The third kappa shape index (κ3) is 4.07. The van der Waals surface area contributed by atoms with E-state index < -0.39 is 0 Å². The third-order valence-corrected chi connectivity index (χ3v) is 5.85. The van der Waals surface area contributed by atoms with Crippen LogP contribution in [0.2, 0.25) is 0 Å². The van der Waals surface area contributed by atoms with Crippen molar-refractivity contribution in [1.29, 1.82) is 5.26 Å². The Balaban J connectivity index is 2.07. The van der Waals surface area contributed by atoms with E-state index in [9.17, 15) is 10.1 Å². The lowest BCUT2D eigenvalue weighted by Gasteiger charge is -2.20. The van der Waals surface area contributed by atoms with Gasteiger partial charge in [0.2, 0.25) is 0 Å². The van der Waals surface area contributed by atoms with Crippen LogP contribution >= 0.6 is 11.8 Å². The second-order valence-corrected chi connectivity index (χ2v) is 8.73. The van der Waals surface area contributed by atoms with Gasteiger partial charge in [0, 0.05) is 17.3 Å². The number of nitriles is 1. The van der Waals surface area contributed by atoms with Crippen LogP contribution < -0.4 is 5.32 Å². The van der Waals surface area contributed by atoms with Crippen LogP contribution in [0.15, 0.2) is 29.3 Å². The van der Waals surface area contributed by atoms with Gasteiger partial charge in [0.15, 0.2) is 0 Å². The standard InChI is InChI=1S/C23H27N3OS/c1-13(2)16-7-6-8-17(14(3)4)21(16)26-22(27)18-11-20(15-9-10-15)25-23(28-5)19(18)12-24/h6-8,11,13-15H,9-10H2,1-5H3,(H,26,27). The summed E-state index contributed by atoms with van der Waals surface area (Å²) in [6, 6.07) is 10.2. The first-order valence-electron chi connectivity index (χ1n) is 9.80. The number of nitrogens with zero attached hydrogens (tertiary/aromatic N) is 2. The maximum Gasteiger partial charge on any atom is 0.257 e. The summed E-state index contributed by atoms with van der Waals surface area (Å²) in [5, 5.41) is 13.5. The number of benzene rings is 1. The Kier molecular flexibility index (Phi) is 6.10. The molecular weight excluding hydrogens is 366 g/mol. The van der Waals surface area contributed by atoms with Crippen molar-refractivity contribution in [2.24, 2.45) is 0 Å². The number of carbonyl (C=O) groups excluding carboxylic acids is 1. The molecule has 1 aliphatic carbocycles. The molecule has 0 aliphatic heterocycles. The van der Waals surface area contributed by atoms with Crippen LogP contribution in [0.4, 0.5) is 5.69 Å². The summed E-state index contributed by atoms with van der Waals surface area (Å²) in [7, 11) is 0. The summed E-state index contributed by atoms with van der Waals surface area (Å²) in [5.74, 6) is 0.752. The highest BCUT2D eigenvalue weighted by molar-refractivity contribution is 7.98. The number of rotatable bonds is 6. The summed E-state index contributed by atoms with van der Waals surface area (Å²) in [5.41, 5.74) is 4.81. The van der Waals surface area contributed by atoms with Gasteiger partial charge in [0.25, 0.3) is 5.91 Å². The molecule has 5 heteroatoms. The first kappa shape index (κ1) is 20.4. The van der Waals surface area contributed by atoms with Gasteiger partial charge in [-0.3, -0.25) is 4.79 Å². The molecule has 0 spiro atoms. The number of hydrogen-bond donors (Lipinski definition) is 1. The third-order valence-electron chi connectivity index (χ3n) is 5.16. The maximum absolute atomic E-state index is 13.3. The first-order chi connectivity index (χ1) is 13.4. The lowest BCUT2D eigenvalue weighted by Crippen LogP contribution is -2.18. The molecule has 1 aromatic heterocycles. The molecule has 1 heterocycles. The quantitative estimate of drug-likeness (QED) is 0.607. The Bertz CT molecular complexity index is 913. The minimum absolute atomic E-state index is 0.230. The molecule has 0 atom stereocenters. The molecule has 0 saturated heterocycles. The minimum Gasteiger partial charge on any atom is -0.321 e. The van der Waals surface area contributed by atoms with Gasteiger partial charge >= 0.3 is 0 Å². The summed E-state index contributed by atoms with van der Waals surface area (Å²) < 4.78 is 0. The highest BCUT2D eigenvalue weighted by atomic mass is 32.2. The van der Waals surface area contributed by atoms with Crippen molar-refractivity contribution in [1.82, 2.24) is 4.98 Å². The normalized spacial score (nSPS) is 13.6. The maximum atomic E-state index is 13.3. The molecule has 1 aromatic carbocycles. The van der Waals surface area contributed by atoms with E-state index >= 15 is 0 Å². The highest BCUT2D eigenvalue weighted by Crippen LogP contribution is 2.41. The number of anilines is 1. The van der Waals surface area contributed by atoms with E-state index in [0.29, 0.717) is 22.1 Å². The molecule has 146 valence electrons. The highest BCUT2D eigenvalue weighted by Gasteiger charge is 2.29. The van der Waals surface area contributed by atoms with Crippen LogP contribution in [0, 0.1) is 11.3 Å². The Hall–Kier alpha value is -2.32. The predicted molar refractivity (Wildman–Crippen MR) is 115 cm³/mol. The number of aromatic nitrogens is 1. The molecule has 2 aromatic rings. The van der Waals surface area contributed by atoms with Gasteiger partial charge in [0.05, 0.1) is 11.1 Å². The lowest BCUT2D eigenvalue weighted by atomic mass is 9.92. The smallest absolute Gasteiger partial charge is 0.257 e. The number of pyridine rings is 1. The Morgan fingerprint density at radius 1 is 1.21 bits per heavy atom. The van der Waals surface area contributed by atoms with Crippen molar-refractivity contribution in [2.45, 2.75) is 63.3 Å². The Morgan fingerprint density at radius 3 is 2.29 bits per heavy atom. The molecule has 28 heavy (non-hydrogen) atoms. The van der Waals surface area contributed by atoms with Gasteiger partial charge in [0.1, 0.15) is 11.1 Å². The Labute approximate surface area is 171 Å². The van der Waals surface area contributed by atoms with E-state index in [4.69, 9.17) is 0 Å².